The number of nitrogens with zero attached hydrogens (tertiary/aromatic N) is 3. The highest BCUT2D eigenvalue weighted by Crippen LogP contribution is 2.37. The first-order valence-electron chi connectivity index (χ1n) is 9.94. The van der Waals surface area contributed by atoms with Gasteiger partial charge in [-0.25, -0.2) is 9.97 Å². The Kier molecular flexibility index (Phi) is 5.19. The number of hydrogen-bond donors (Lipinski definition) is 1. The number of amides is 1. The van der Waals surface area contributed by atoms with E-state index >= 15 is 0 Å². The van der Waals surface area contributed by atoms with Crippen molar-refractivity contribution in [2.45, 2.75) is 51.4 Å². The number of nitrogens with one attached hydrogen (secondary N) is 1. The number of fused-ring (bicyclic) bond motifs is 1. The predicted octanol–water partition coefficient (Wildman–Crippen LogP) is 4.18. The number of hydrogen-bond acceptors (Lipinski definition) is 4. The number of pyridine rings is 1. The molecule has 6 nitrogen and oxygen atoms in total. The van der Waals surface area contributed by atoms with Gasteiger partial charge in [0.15, 0.2) is 5.82 Å². The van der Waals surface area contributed by atoms with Gasteiger partial charge in [-0.05, 0) is 42.5 Å². The number of benzene rings is 1. The highest BCUT2D eigenvalue weighted by molar-refractivity contribution is 5.92. The van der Waals surface area contributed by atoms with Gasteiger partial charge in [-0.1, -0.05) is 38.3 Å². The number of para-hydroxylation sites is 1. The first-order valence-corrected chi connectivity index (χ1v) is 9.94. The van der Waals surface area contributed by atoms with E-state index in [-0.39, 0.29) is 11.5 Å². The summed E-state index contributed by atoms with van der Waals surface area (Å²) in [5.41, 5.74) is 2.22. The maximum atomic E-state index is 13.3. The Morgan fingerprint density at radius 2 is 1.93 bits per heavy atom. The molecule has 144 valence electrons. The van der Waals surface area contributed by atoms with Crippen LogP contribution in [-0.2, 0) is 4.79 Å². The smallest absolute Gasteiger partial charge is 0.265 e. The highest BCUT2D eigenvalue weighted by Gasteiger charge is 2.23. The average Bonchev–Trinajstić information content (AvgIpc) is 2.75. The van der Waals surface area contributed by atoms with E-state index in [0.717, 1.165) is 18.4 Å². The highest BCUT2D eigenvalue weighted by atomic mass is 16.1. The third kappa shape index (κ3) is 3.42. The summed E-state index contributed by atoms with van der Waals surface area (Å²) in [6.07, 6.45) is 9.37. The molecule has 2 heterocycles. The molecule has 0 radical (unpaired) electrons. The molecule has 1 amide bonds. The van der Waals surface area contributed by atoms with E-state index in [1.165, 1.54) is 19.3 Å². The quantitative estimate of drug-likeness (QED) is 0.741. The maximum absolute atomic E-state index is 13.3. The van der Waals surface area contributed by atoms with E-state index in [0.29, 0.717) is 34.7 Å². The SMILES string of the molecule is CCC(=O)Nc1nccc(C2CCCCC2)c1-n1cnc2ccccc2c1=O. The van der Waals surface area contributed by atoms with Crippen LogP contribution < -0.4 is 10.9 Å². The molecule has 4 rings (SSSR count). The fraction of sp³-hybridized carbons (Fsp3) is 0.364. The average molecular weight is 376 g/mol. The number of aromatic nitrogens is 3. The number of carbonyl (C=O) groups excluding carboxylic acids is 1. The lowest BCUT2D eigenvalue weighted by Crippen LogP contribution is -2.24. The van der Waals surface area contributed by atoms with Crippen molar-refractivity contribution in [3.8, 4) is 5.69 Å². The van der Waals surface area contributed by atoms with Crippen LogP contribution in [0.1, 0.15) is 56.9 Å². The molecular formula is C22H24N4O2. The molecule has 0 bridgehead atoms. The summed E-state index contributed by atoms with van der Waals surface area (Å²) in [4.78, 5) is 34.2. The maximum Gasteiger partial charge on any atom is 0.265 e. The van der Waals surface area contributed by atoms with Gasteiger partial charge >= 0.3 is 0 Å². The lowest BCUT2D eigenvalue weighted by Gasteiger charge is -2.25. The van der Waals surface area contributed by atoms with Crippen LogP contribution >= 0.6 is 0 Å². The van der Waals surface area contributed by atoms with Crippen molar-refractivity contribution < 1.29 is 4.79 Å². The molecular weight excluding hydrogens is 352 g/mol. The summed E-state index contributed by atoms with van der Waals surface area (Å²) in [6.45, 7) is 1.80. The van der Waals surface area contributed by atoms with Crippen LogP contribution in [0.25, 0.3) is 16.6 Å². The second-order valence-corrected chi connectivity index (χ2v) is 7.27. The van der Waals surface area contributed by atoms with Crippen LogP contribution in [0.4, 0.5) is 5.82 Å². The molecule has 1 saturated carbocycles. The minimum Gasteiger partial charge on any atom is -0.309 e. The van der Waals surface area contributed by atoms with Crippen LogP contribution in [-0.4, -0.2) is 20.4 Å². The zero-order valence-corrected chi connectivity index (χ0v) is 16.0. The zero-order chi connectivity index (χ0) is 19.5. The second-order valence-electron chi connectivity index (χ2n) is 7.27. The fourth-order valence-corrected chi connectivity index (χ4v) is 4.01. The van der Waals surface area contributed by atoms with E-state index in [9.17, 15) is 9.59 Å². The number of rotatable bonds is 4. The molecule has 1 aromatic carbocycles. The molecule has 2 aromatic heterocycles. The van der Waals surface area contributed by atoms with Gasteiger partial charge in [0.1, 0.15) is 6.33 Å². The van der Waals surface area contributed by atoms with E-state index in [1.54, 1.807) is 30.1 Å². The Labute approximate surface area is 163 Å². The summed E-state index contributed by atoms with van der Waals surface area (Å²) in [6, 6.07) is 9.28. The molecule has 1 fully saturated rings. The van der Waals surface area contributed by atoms with Gasteiger partial charge in [0.05, 0.1) is 16.6 Å². The van der Waals surface area contributed by atoms with Gasteiger partial charge in [0, 0.05) is 12.6 Å². The molecule has 1 N–H and O–H groups in total. The van der Waals surface area contributed by atoms with Crippen LogP contribution in [0.2, 0.25) is 0 Å². The van der Waals surface area contributed by atoms with Gasteiger partial charge in [-0.2, -0.15) is 0 Å². The van der Waals surface area contributed by atoms with Crippen molar-refractivity contribution in [1.29, 1.82) is 0 Å². The van der Waals surface area contributed by atoms with Crippen molar-refractivity contribution in [2.24, 2.45) is 0 Å². The molecule has 6 heteroatoms. The van der Waals surface area contributed by atoms with Gasteiger partial charge in [-0.15, -0.1) is 0 Å². The van der Waals surface area contributed by atoms with Gasteiger partial charge in [0.2, 0.25) is 5.91 Å². The van der Waals surface area contributed by atoms with Gasteiger partial charge < -0.3 is 5.32 Å². The minimum absolute atomic E-state index is 0.128. The Hall–Kier alpha value is -3.02. The monoisotopic (exact) mass is 376 g/mol. The summed E-state index contributed by atoms with van der Waals surface area (Å²) >= 11 is 0. The summed E-state index contributed by atoms with van der Waals surface area (Å²) in [5, 5.41) is 3.43. The Balaban J connectivity index is 1.94. The van der Waals surface area contributed by atoms with Crippen molar-refractivity contribution >= 4 is 22.6 Å². The van der Waals surface area contributed by atoms with Crippen LogP contribution in [0.5, 0.6) is 0 Å². The molecule has 0 unspecified atom stereocenters. The molecule has 1 aliphatic carbocycles. The fourth-order valence-electron chi connectivity index (χ4n) is 4.01. The summed E-state index contributed by atoms with van der Waals surface area (Å²) in [7, 11) is 0. The van der Waals surface area contributed by atoms with E-state index in [1.807, 2.05) is 24.3 Å². The normalized spacial score (nSPS) is 14.9. The predicted molar refractivity (Wildman–Crippen MR) is 110 cm³/mol. The Morgan fingerprint density at radius 3 is 2.71 bits per heavy atom. The Bertz CT molecular complexity index is 1070. The molecule has 1 aliphatic rings. The van der Waals surface area contributed by atoms with E-state index in [4.69, 9.17) is 0 Å². The minimum atomic E-state index is -0.150. The Morgan fingerprint density at radius 1 is 1.14 bits per heavy atom. The first-order chi connectivity index (χ1) is 13.7. The van der Waals surface area contributed by atoms with E-state index in [2.05, 4.69) is 15.3 Å². The summed E-state index contributed by atoms with van der Waals surface area (Å²) < 4.78 is 1.55. The second kappa shape index (κ2) is 7.92. The largest absolute Gasteiger partial charge is 0.309 e. The van der Waals surface area contributed by atoms with Gasteiger partial charge in [0.25, 0.3) is 5.56 Å². The molecule has 0 atom stereocenters. The standard InChI is InChI=1S/C22H24N4O2/c1-2-19(27)25-21-20(16(12-13-23-21)15-8-4-3-5-9-15)26-14-24-18-11-7-6-10-17(18)22(26)28/h6-7,10-15H,2-5,8-9H2,1H3,(H,23,25,27). The van der Waals surface area contributed by atoms with Crippen molar-refractivity contribution in [1.82, 2.24) is 14.5 Å². The third-order valence-corrected chi connectivity index (χ3v) is 5.49. The number of anilines is 1. The molecule has 0 spiro atoms. The van der Waals surface area contributed by atoms with Crippen LogP contribution in [0, 0.1) is 0 Å². The van der Waals surface area contributed by atoms with Gasteiger partial charge in [-0.3, -0.25) is 14.2 Å². The topological polar surface area (TPSA) is 76.9 Å². The first kappa shape index (κ1) is 18.3. The van der Waals surface area contributed by atoms with Crippen LogP contribution in [0.3, 0.4) is 0 Å². The summed E-state index contributed by atoms with van der Waals surface area (Å²) in [5.74, 6) is 0.646. The molecule has 0 saturated heterocycles. The van der Waals surface area contributed by atoms with E-state index < -0.39 is 0 Å². The van der Waals surface area contributed by atoms with Crippen molar-refractivity contribution in [2.75, 3.05) is 5.32 Å². The molecule has 28 heavy (non-hydrogen) atoms. The number of carbonyl (C=O) groups is 1. The van der Waals surface area contributed by atoms with Crippen LogP contribution in [0.15, 0.2) is 47.7 Å². The third-order valence-electron chi connectivity index (χ3n) is 5.49. The lowest BCUT2D eigenvalue weighted by atomic mass is 9.83. The zero-order valence-electron chi connectivity index (χ0n) is 16.0. The molecule has 3 aromatic rings. The van der Waals surface area contributed by atoms with Crippen molar-refractivity contribution in [3.63, 3.8) is 0 Å². The van der Waals surface area contributed by atoms with Crippen molar-refractivity contribution in [3.05, 3.63) is 58.8 Å². The molecule has 0 aliphatic heterocycles. The lowest BCUT2D eigenvalue weighted by molar-refractivity contribution is -0.115.